The van der Waals surface area contributed by atoms with E-state index in [0.717, 1.165) is 11.6 Å². The first kappa shape index (κ1) is 13.5. The predicted octanol–water partition coefficient (Wildman–Crippen LogP) is 3.02. The van der Waals surface area contributed by atoms with E-state index in [1.54, 1.807) is 12.3 Å². The van der Waals surface area contributed by atoms with Gasteiger partial charge in [0.25, 0.3) is 0 Å². The van der Waals surface area contributed by atoms with Crippen molar-refractivity contribution in [2.75, 3.05) is 0 Å². The highest BCUT2D eigenvalue weighted by Gasteiger charge is 2.28. The van der Waals surface area contributed by atoms with Crippen LogP contribution in [0.3, 0.4) is 0 Å². The number of nitrogens with zero attached hydrogens (tertiary/aromatic N) is 1. The van der Waals surface area contributed by atoms with Crippen molar-refractivity contribution in [3.05, 3.63) is 53.9 Å². The van der Waals surface area contributed by atoms with Gasteiger partial charge >= 0.3 is 6.98 Å². The van der Waals surface area contributed by atoms with E-state index < -0.39 is 12.4 Å². The molecule has 0 aliphatic heterocycles. The van der Waals surface area contributed by atoms with Crippen molar-refractivity contribution >= 4 is 12.4 Å². The first-order chi connectivity index (χ1) is 8.98. The highest BCUT2D eigenvalue weighted by atomic mass is 19.4. The third-order valence-electron chi connectivity index (χ3n) is 2.75. The molecule has 2 aromatic rings. The van der Waals surface area contributed by atoms with E-state index in [1.165, 1.54) is 18.2 Å². The lowest BCUT2D eigenvalue weighted by molar-refractivity contribution is 0.301. The van der Waals surface area contributed by atoms with Crippen molar-refractivity contribution in [2.45, 2.75) is 13.5 Å². The van der Waals surface area contributed by atoms with Gasteiger partial charge in [0.05, 0.1) is 11.4 Å². The maximum atomic E-state index is 12.8. The number of hydrogen-bond donors (Lipinski definition) is 0. The van der Waals surface area contributed by atoms with E-state index >= 15 is 0 Å². The van der Waals surface area contributed by atoms with Crippen LogP contribution in [0.2, 0.25) is 0 Å². The third kappa shape index (κ3) is 3.27. The predicted molar refractivity (Wildman–Crippen MR) is 68.5 cm³/mol. The van der Waals surface area contributed by atoms with Crippen LogP contribution in [-0.4, -0.2) is 12.0 Å². The van der Waals surface area contributed by atoms with E-state index in [4.69, 9.17) is 4.74 Å². The minimum absolute atomic E-state index is 0.0237. The molecular formula is C13H12BF3NO-. The molecule has 0 fully saturated rings. The van der Waals surface area contributed by atoms with Crippen LogP contribution in [0, 0.1) is 6.92 Å². The monoisotopic (exact) mass is 266 g/mol. The summed E-state index contributed by atoms with van der Waals surface area (Å²) in [5, 5.41) is 0. The Labute approximate surface area is 109 Å². The van der Waals surface area contributed by atoms with Gasteiger partial charge in [0.1, 0.15) is 6.61 Å². The van der Waals surface area contributed by atoms with Crippen LogP contribution in [0.25, 0.3) is 0 Å². The summed E-state index contributed by atoms with van der Waals surface area (Å²) >= 11 is 0. The van der Waals surface area contributed by atoms with Gasteiger partial charge in [0.15, 0.2) is 0 Å². The average molecular weight is 266 g/mol. The highest BCUT2D eigenvalue weighted by molar-refractivity contribution is 6.74. The van der Waals surface area contributed by atoms with E-state index in [1.807, 2.05) is 13.0 Å². The lowest BCUT2D eigenvalue weighted by Gasteiger charge is -2.19. The van der Waals surface area contributed by atoms with Crippen LogP contribution in [0.1, 0.15) is 11.3 Å². The molecule has 0 amide bonds. The van der Waals surface area contributed by atoms with Crippen molar-refractivity contribution in [2.24, 2.45) is 0 Å². The summed E-state index contributed by atoms with van der Waals surface area (Å²) in [7, 11) is 0. The van der Waals surface area contributed by atoms with Gasteiger partial charge in [0, 0.05) is 6.20 Å². The van der Waals surface area contributed by atoms with E-state index in [2.05, 4.69) is 4.98 Å². The van der Waals surface area contributed by atoms with Gasteiger partial charge in [-0.2, -0.15) is 0 Å². The van der Waals surface area contributed by atoms with Gasteiger partial charge in [0.2, 0.25) is 0 Å². The Balaban J connectivity index is 2.19. The smallest absolute Gasteiger partial charge is 0.490 e. The summed E-state index contributed by atoms with van der Waals surface area (Å²) in [6.45, 7) is -3.21. The Morgan fingerprint density at radius 3 is 2.53 bits per heavy atom. The van der Waals surface area contributed by atoms with Crippen molar-refractivity contribution in [3.8, 4) is 5.75 Å². The molecule has 0 bridgehead atoms. The third-order valence-corrected chi connectivity index (χ3v) is 2.75. The van der Waals surface area contributed by atoms with E-state index in [0.29, 0.717) is 5.69 Å². The Morgan fingerprint density at radius 2 is 1.84 bits per heavy atom. The Bertz CT molecular complexity index is 572. The normalized spacial score (nSPS) is 11.4. The van der Waals surface area contributed by atoms with Gasteiger partial charge < -0.3 is 17.7 Å². The molecule has 100 valence electrons. The molecule has 0 saturated carbocycles. The van der Waals surface area contributed by atoms with Crippen molar-refractivity contribution in [3.63, 3.8) is 0 Å². The lowest BCUT2D eigenvalue weighted by atomic mass is 9.79. The second-order valence-electron chi connectivity index (χ2n) is 4.17. The maximum Gasteiger partial charge on any atom is 0.513 e. The molecule has 0 saturated heterocycles. The fourth-order valence-electron chi connectivity index (χ4n) is 1.70. The van der Waals surface area contributed by atoms with Crippen LogP contribution in [0.5, 0.6) is 5.75 Å². The molecule has 2 nitrogen and oxygen atoms in total. The van der Waals surface area contributed by atoms with Crippen LogP contribution >= 0.6 is 0 Å². The first-order valence-electron chi connectivity index (χ1n) is 5.80. The summed E-state index contributed by atoms with van der Waals surface area (Å²) < 4.78 is 43.7. The van der Waals surface area contributed by atoms with Crippen LogP contribution < -0.4 is 10.2 Å². The van der Waals surface area contributed by atoms with Crippen molar-refractivity contribution in [1.29, 1.82) is 0 Å². The number of pyridine rings is 1. The first-order valence-corrected chi connectivity index (χ1v) is 5.80. The molecule has 0 spiro atoms. The average Bonchev–Trinajstić information content (AvgIpc) is 2.37. The number of rotatable bonds is 4. The summed E-state index contributed by atoms with van der Waals surface area (Å²) in [5.41, 5.74) is 0.806. The quantitative estimate of drug-likeness (QED) is 0.793. The molecule has 0 atom stereocenters. The Hall–Kier alpha value is -1.98. The zero-order valence-electron chi connectivity index (χ0n) is 10.3. The number of aromatic nitrogens is 1. The number of benzene rings is 1. The molecule has 0 unspecified atom stereocenters. The molecular weight excluding hydrogens is 254 g/mol. The lowest BCUT2D eigenvalue weighted by Crippen LogP contribution is -2.35. The summed E-state index contributed by atoms with van der Waals surface area (Å²) in [6, 6.07) is 8.83. The number of hydrogen-bond acceptors (Lipinski definition) is 2. The summed E-state index contributed by atoms with van der Waals surface area (Å²) in [5.74, 6) is -0.153. The molecule has 1 heterocycles. The molecule has 0 N–H and O–H groups in total. The molecule has 19 heavy (non-hydrogen) atoms. The number of aryl methyl sites for hydroxylation is 1. The largest absolute Gasteiger partial charge is 0.513 e. The highest BCUT2D eigenvalue weighted by Crippen LogP contribution is 2.18. The maximum absolute atomic E-state index is 12.8. The van der Waals surface area contributed by atoms with Gasteiger partial charge in [-0.05, 0) is 24.6 Å². The minimum Gasteiger partial charge on any atom is -0.490 e. The molecule has 0 radical (unpaired) electrons. The van der Waals surface area contributed by atoms with Crippen molar-refractivity contribution in [1.82, 2.24) is 4.98 Å². The molecule has 0 aliphatic carbocycles. The van der Waals surface area contributed by atoms with Crippen LogP contribution in [-0.2, 0) is 6.61 Å². The molecule has 2 rings (SSSR count). The minimum atomic E-state index is -5.08. The van der Waals surface area contributed by atoms with E-state index in [9.17, 15) is 12.9 Å². The fraction of sp³-hybridized carbons (Fsp3) is 0.154. The number of halogens is 3. The van der Waals surface area contributed by atoms with Gasteiger partial charge in [-0.25, -0.2) is 0 Å². The number of ether oxygens (including phenoxy) is 1. The zero-order valence-corrected chi connectivity index (χ0v) is 10.3. The molecule has 0 aliphatic rings. The number of para-hydroxylation sites is 1. The summed E-state index contributed by atoms with van der Waals surface area (Å²) in [6.07, 6.45) is 1.59. The molecule has 1 aromatic heterocycles. The topological polar surface area (TPSA) is 22.1 Å². The van der Waals surface area contributed by atoms with E-state index in [-0.39, 0.29) is 12.4 Å². The zero-order chi connectivity index (χ0) is 13.9. The standard InChI is InChI=1S/C13H12BF3NO/c1-10-5-4-8-18-12(10)9-19-13-7-3-2-6-11(13)14(15,16)17/h2-8H,9H2,1H3/q-1. The second kappa shape index (κ2) is 5.34. The Morgan fingerprint density at radius 1 is 1.11 bits per heavy atom. The van der Waals surface area contributed by atoms with Crippen LogP contribution in [0.15, 0.2) is 42.6 Å². The SMILES string of the molecule is Cc1cccnc1COc1ccccc1[B-](F)(F)F. The fourth-order valence-corrected chi connectivity index (χ4v) is 1.70. The second-order valence-corrected chi connectivity index (χ2v) is 4.17. The molecule has 1 aromatic carbocycles. The van der Waals surface area contributed by atoms with Gasteiger partial charge in [-0.15, -0.1) is 0 Å². The molecule has 6 heteroatoms. The van der Waals surface area contributed by atoms with Crippen LogP contribution in [0.4, 0.5) is 12.9 Å². The van der Waals surface area contributed by atoms with Gasteiger partial charge in [-0.3, -0.25) is 4.98 Å². The summed E-state index contributed by atoms with van der Waals surface area (Å²) in [4.78, 5) is 4.08. The van der Waals surface area contributed by atoms with Gasteiger partial charge in [-0.1, -0.05) is 29.7 Å². The Kier molecular flexibility index (Phi) is 3.78. The van der Waals surface area contributed by atoms with Crippen molar-refractivity contribution < 1.29 is 17.7 Å².